The number of hydrogen-bond donors (Lipinski definition) is 1. The van der Waals surface area contributed by atoms with E-state index >= 15 is 0 Å². The largest absolute Gasteiger partial charge is 0.351 e. The molecule has 3 heterocycles. The van der Waals surface area contributed by atoms with E-state index < -0.39 is 5.69 Å². The van der Waals surface area contributed by atoms with Crippen molar-refractivity contribution in [2.24, 2.45) is 14.1 Å². The van der Waals surface area contributed by atoms with Crippen LogP contribution in [-0.4, -0.2) is 18.7 Å². The van der Waals surface area contributed by atoms with Gasteiger partial charge in [0.15, 0.2) is 11.2 Å². The fourth-order valence-electron chi connectivity index (χ4n) is 3.11. The molecule has 0 unspecified atom stereocenters. The lowest BCUT2D eigenvalue weighted by atomic mass is 10.2. The van der Waals surface area contributed by atoms with Crippen molar-refractivity contribution < 1.29 is 0 Å². The Morgan fingerprint density at radius 1 is 1.11 bits per heavy atom. The van der Waals surface area contributed by atoms with Gasteiger partial charge in [0.2, 0.25) is 5.95 Å². The molecule has 7 nitrogen and oxygen atoms in total. The molecule has 3 aromatic heterocycles. The van der Waals surface area contributed by atoms with Crippen LogP contribution in [0.25, 0.3) is 11.2 Å². The van der Waals surface area contributed by atoms with Crippen molar-refractivity contribution in [3.63, 3.8) is 0 Å². The van der Waals surface area contributed by atoms with Crippen molar-refractivity contribution in [1.82, 2.24) is 18.7 Å². The first kappa shape index (κ1) is 18.5. The third-order valence-electron chi connectivity index (χ3n) is 4.64. The van der Waals surface area contributed by atoms with E-state index in [0.717, 1.165) is 15.0 Å². The quantitative estimate of drug-likeness (QED) is 0.544. The molecule has 9 heteroatoms. The van der Waals surface area contributed by atoms with Crippen molar-refractivity contribution in [2.75, 3.05) is 5.32 Å². The van der Waals surface area contributed by atoms with E-state index in [4.69, 9.17) is 11.6 Å². The number of imidazole rings is 1. The molecule has 1 N–H and O–H groups in total. The minimum absolute atomic E-state index is 0.342. The van der Waals surface area contributed by atoms with Crippen LogP contribution in [0.2, 0.25) is 5.02 Å². The lowest BCUT2D eigenvalue weighted by Crippen LogP contribution is -2.37. The fourth-order valence-corrected chi connectivity index (χ4v) is 3.95. The maximum Gasteiger partial charge on any atom is 0.332 e. The number of aromatic nitrogens is 4. The van der Waals surface area contributed by atoms with Gasteiger partial charge in [0, 0.05) is 24.0 Å². The van der Waals surface area contributed by atoms with Crippen LogP contribution >= 0.6 is 22.9 Å². The Morgan fingerprint density at radius 3 is 2.61 bits per heavy atom. The average molecular weight is 416 g/mol. The molecule has 0 saturated carbocycles. The fraction of sp³-hybridized carbons (Fsp3) is 0.211. The summed E-state index contributed by atoms with van der Waals surface area (Å²) >= 11 is 7.97. The highest BCUT2D eigenvalue weighted by molar-refractivity contribution is 7.09. The molecule has 0 aliphatic heterocycles. The SMILES string of the molecule is Cn1c(=O)c2c(nc(NCc3cccs3)n2Cc2ccccc2Cl)n(C)c1=O. The number of rotatable bonds is 5. The molecule has 0 radical (unpaired) electrons. The predicted octanol–water partition coefficient (Wildman–Crippen LogP) is 2.81. The summed E-state index contributed by atoms with van der Waals surface area (Å²) in [5.41, 5.74) is 0.761. The summed E-state index contributed by atoms with van der Waals surface area (Å²) in [4.78, 5) is 30.9. The van der Waals surface area contributed by atoms with Gasteiger partial charge in [0.05, 0.1) is 13.1 Å². The molecule has 144 valence electrons. The maximum absolute atomic E-state index is 12.9. The summed E-state index contributed by atoms with van der Waals surface area (Å²) in [6, 6.07) is 11.5. The molecule has 0 aliphatic rings. The maximum atomic E-state index is 12.9. The minimum atomic E-state index is -0.412. The van der Waals surface area contributed by atoms with E-state index in [1.54, 1.807) is 23.0 Å². The van der Waals surface area contributed by atoms with Crippen molar-refractivity contribution in [3.8, 4) is 0 Å². The van der Waals surface area contributed by atoms with Crippen molar-refractivity contribution in [2.45, 2.75) is 13.1 Å². The number of hydrogen-bond acceptors (Lipinski definition) is 5. The van der Waals surface area contributed by atoms with E-state index in [1.165, 1.54) is 11.6 Å². The molecule has 0 spiro atoms. The first-order valence-corrected chi connectivity index (χ1v) is 9.89. The topological polar surface area (TPSA) is 73.8 Å². The summed E-state index contributed by atoms with van der Waals surface area (Å²) in [6.45, 7) is 0.925. The third-order valence-corrected chi connectivity index (χ3v) is 5.88. The lowest BCUT2D eigenvalue weighted by Gasteiger charge is -2.11. The van der Waals surface area contributed by atoms with Gasteiger partial charge >= 0.3 is 5.69 Å². The van der Waals surface area contributed by atoms with Crippen molar-refractivity contribution >= 4 is 40.0 Å². The zero-order valence-electron chi connectivity index (χ0n) is 15.3. The Kier molecular flexibility index (Phi) is 4.82. The number of halogens is 1. The van der Waals surface area contributed by atoms with Crippen LogP contribution < -0.4 is 16.6 Å². The van der Waals surface area contributed by atoms with Gasteiger partial charge in [-0.1, -0.05) is 35.9 Å². The highest BCUT2D eigenvalue weighted by atomic mass is 35.5. The molecular formula is C19H18ClN5O2S. The Bertz CT molecular complexity index is 1270. The zero-order valence-corrected chi connectivity index (χ0v) is 16.9. The van der Waals surface area contributed by atoms with Gasteiger partial charge in [-0.25, -0.2) is 4.79 Å². The van der Waals surface area contributed by atoms with Crippen molar-refractivity contribution in [3.05, 3.63) is 78.1 Å². The number of thiophene rings is 1. The van der Waals surface area contributed by atoms with Gasteiger partial charge in [0.1, 0.15) is 0 Å². The Morgan fingerprint density at radius 2 is 1.89 bits per heavy atom. The first-order chi connectivity index (χ1) is 13.5. The second-order valence-corrected chi connectivity index (χ2v) is 7.86. The normalized spacial score (nSPS) is 11.2. The minimum Gasteiger partial charge on any atom is -0.351 e. The van der Waals surface area contributed by atoms with Crippen LogP contribution in [-0.2, 0) is 27.2 Å². The molecular weight excluding hydrogens is 398 g/mol. The number of aryl methyl sites for hydroxylation is 1. The molecule has 4 aromatic rings. The van der Waals surface area contributed by atoms with E-state index in [1.807, 2.05) is 41.8 Å². The van der Waals surface area contributed by atoms with E-state index in [9.17, 15) is 9.59 Å². The number of benzene rings is 1. The molecule has 0 amide bonds. The van der Waals surface area contributed by atoms with Crippen LogP contribution in [0.3, 0.4) is 0 Å². The number of anilines is 1. The van der Waals surface area contributed by atoms with Gasteiger partial charge in [-0.05, 0) is 23.1 Å². The molecule has 0 bridgehead atoms. The molecule has 0 atom stereocenters. The molecule has 28 heavy (non-hydrogen) atoms. The third kappa shape index (κ3) is 3.14. The highest BCUT2D eigenvalue weighted by Crippen LogP contribution is 2.22. The van der Waals surface area contributed by atoms with Gasteiger partial charge in [-0.2, -0.15) is 4.98 Å². The Labute approximate surface area is 169 Å². The van der Waals surface area contributed by atoms with Crippen LogP contribution in [0, 0.1) is 0 Å². The predicted molar refractivity (Wildman–Crippen MR) is 112 cm³/mol. The standard InChI is InChI=1S/C19H18ClN5O2S/c1-23-16-15(17(26)24(2)19(23)27)25(11-12-6-3-4-8-14(12)20)18(22-16)21-10-13-7-5-9-28-13/h3-9H,10-11H2,1-2H3,(H,21,22). The summed E-state index contributed by atoms with van der Waals surface area (Å²) < 4.78 is 4.26. The second-order valence-electron chi connectivity index (χ2n) is 6.42. The van der Waals surface area contributed by atoms with Gasteiger partial charge in [-0.15, -0.1) is 11.3 Å². The number of nitrogens with one attached hydrogen (secondary N) is 1. The highest BCUT2D eigenvalue weighted by Gasteiger charge is 2.20. The van der Waals surface area contributed by atoms with Gasteiger partial charge in [0.25, 0.3) is 5.56 Å². The summed E-state index contributed by atoms with van der Waals surface area (Å²) in [7, 11) is 3.08. The molecule has 0 saturated heterocycles. The average Bonchev–Trinajstić information content (AvgIpc) is 3.33. The monoisotopic (exact) mass is 415 g/mol. The molecule has 1 aromatic carbocycles. The molecule has 4 rings (SSSR count). The summed E-state index contributed by atoms with van der Waals surface area (Å²) in [5.74, 6) is 0.515. The summed E-state index contributed by atoms with van der Waals surface area (Å²) in [6.07, 6.45) is 0. The Hall–Kier alpha value is -2.84. The van der Waals surface area contributed by atoms with E-state index in [0.29, 0.717) is 35.2 Å². The van der Waals surface area contributed by atoms with Crippen LogP contribution in [0.15, 0.2) is 51.4 Å². The van der Waals surface area contributed by atoms with E-state index in [2.05, 4.69) is 10.3 Å². The number of nitrogens with zero attached hydrogens (tertiary/aromatic N) is 4. The van der Waals surface area contributed by atoms with Gasteiger partial charge < -0.3 is 5.32 Å². The Balaban J connectivity index is 1.90. The van der Waals surface area contributed by atoms with Crippen LogP contribution in [0.5, 0.6) is 0 Å². The smallest absolute Gasteiger partial charge is 0.332 e. The van der Waals surface area contributed by atoms with Crippen LogP contribution in [0.4, 0.5) is 5.95 Å². The number of fused-ring (bicyclic) bond motifs is 1. The summed E-state index contributed by atoms with van der Waals surface area (Å²) in [5, 5.41) is 5.90. The second kappa shape index (κ2) is 7.29. The lowest BCUT2D eigenvalue weighted by molar-refractivity contribution is 0.702. The molecule has 0 aliphatic carbocycles. The van der Waals surface area contributed by atoms with Crippen molar-refractivity contribution in [1.29, 1.82) is 0 Å². The molecule has 0 fully saturated rings. The zero-order chi connectivity index (χ0) is 19.8. The first-order valence-electron chi connectivity index (χ1n) is 8.63. The van der Waals surface area contributed by atoms with E-state index in [-0.39, 0.29) is 5.56 Å². The van der Waals surface area contributed by atoms with Gasteiger partial charge in [-0.3, -0.25) is 18.5 Å². The van der Waals surface area contributed by atoms with Crippen LogP contribution in [0.1, 0.15) is 10.4 Å².